The van der Waals surface area contributed by atoms with E-state index in [1.165, 1.54) is 48.4 Å². The monoisotopic (exact) mass is 395 g/mol. The van der Waals surface area contributed by atoms with Crippen molar-refractivity contribution in [1.29, 1.82) is 0 Å². The number of rotatable bonds is 6. The second-order valence-electron chi connectivity index (χ2n) is 8.40. The van der Waals surface area contributed by atoms with Gasteiger partial charge in [0.15, 0.2) is 0 Å². The number of hydrogen-bond acceptors (Lipinski definition) is 5. The molecule has 5 rings (SSSR count). The van der Waals surface area contributed by atoms with E-state index in [0.29, 0.717) is 11.5 Å². The number of aryl methyl sites for hydroxylation is 2. The van der Waals surface area contributed by atoms with Crippen molar-refractivity contribution in [2.24, 2.45) is 5.41 Å². The number of nitrogens with one attached hydrogen (secondary N) is 1. The number of nitrogens with zero attached hydrogens (tertiary/aromatic N) is 4. The van der Waals surface area contributed by atoms with Crippen molar-refractivity contribution in [3.8, 4) is 0 Å². The van der Waals surface area contributed by atoms with E-state index in [0.717, 1.165) is 30.2 Å². The molecule has 3 aromatic rings. The third-order valence-corrected chi connectivity index (χ3v) is 7.55. The molecule has 2 aliphatic rings. The highest BCUT2D eigenvalue weighted by atomic mass is 32.1. The highest BCUT2D eigenvalue weighted by Gasteiger charge is 2.56. The SMILES string of the molecule is CCn1ccnc1CN(Cc1ccc2nc(C)sc2c1)C1CC12CCNCC2. The Labute approximate surface area is 170 Å². The van der Waals surface area contributed by atoms with E-state index in [2.05, 4.69) is 63.0 Å². The Balaban J connectivity index is 1.41. The van der Waals surface area contributed by atoms with Gasteiger partial charge in [-0.25, -0.2) is 9.97 Å². The molecule has 1 spiro atoms. The van der Waals surface area contributed by atoms with Crippen LogP contribution in [0.2, 0.25) is 0 Å². The fourth-order valence-corrected chi connectivity index (χ4v) is 5.85. The minimum atomic E-state index is 0.528. The highest BCUT2D eigenvalue weighted by Crippen LogP contribution is 2.56. The first-order chi connectivity index (χ1) is 13.7. The van der Waals surface area contributed by atoms with Crippen molar-refractivity contribution in [2.75, 3.05) is 13.1 Å². The smallest absolute Gasteiger partial charge is 0.122 e. The molecule has 0 amide bonds. The van der Waals surface area contributed by atoms with Gasteiger partial charge in [0.05, 0.1) is 21.8 Å². The topological polar surface area (TPSA) is 46.0 Å². The number of aromatic nitrogens is 3. The number of thiazole rings is 1. The summed E-state index contributed by atoms with van der Waals surface area (Å²) in [6.07, 6.45) is 8.00. The van der Waals surface area contributed by atoms with Crippen LogP contribution < -0.4 is 5.32 Å². The number of hydrogen-bond donors (Lipinski definition) is 1. The zero-order valence-corrected chi connectivity index (χ0v) is 17.6. The van der Waals surface area contributed by atoms with E-state index >= 15 is 0 Å². The summed E-state index contributed by atoms with van der Waals surface area (Å²) in [5.74, 6) is 1.19. The molecule has 1 unspecified atom stereocenters. The van der Waals surface area contributed by atoms with Crippen LogP contribution in [0.5, 0.6) is 0 Å². The van der Waals surface area contributed by atoms with Crippen LogP contribution in [0.4, 0.5) is 0 Å². The predicted molar refractivity (Wildman–Crippen MR) is 114 cm³/mol. The Morgan fingerprint density at radius 3 is 2.96 bits per heavy atom. The lowest BCUT2D eigenvalue weighted by Crippen LogP contribution is -2.36. The first-order valence-electron chi connectivity index (χ1n) is 10.5. The maximum absolute atomic E-state index is 4.67. The average molecular weight is 396 g/mol. The molecule has 1 atom stereocenters. The third kappa shape index (κ3) is 3.38. The molecule has 1 saturated carbocycles. The molecule has 148 valence electrons. The van der Waals surface area contributed by atoms with E-state index in [4.69, 9.17) is 0 Å². The van der Waals surface area contributed by atoms with E-state index in [1.807, 2.05) is 6.20 Å². The van der Waals surface area contributed by atoms with E-state index in [9.17, 15) is 0 Å². The summed E-state index contributed by atoms with van der Waals surface area (Å²) >= 11 is 1.80. The number of piperidine rings is 1. The van der Waals surface area contributed by atoms with Crippen LogP contribution in [0.15, 0.2) is 30.6 Å². The number of benzene rings is 1. The lowest BCUT2D eigenvalue weighted by Gasteiger charge is -2.29. The Hall–Kier alpha value is -1.76. The fourth-order valence-electron chi connectivity index (χ4n) is 4.96. The Morgan fingerprint density at radius 2 is 2.14 bits per heavy atom. The van der Waals surface area contributed by atoms with Gasteiger partial charge >= 0.3 is 0 Å². The summed E-state index contributed by atoms with van der Waals surface area (Å²) in [4.78, 5) is 12.0. The fraction of sp³-hybridized carbons (Fsp3) is 0.545. The van der Waals surface area contributed by atoms with Crippen molar-refractivity contribution in [3.05, 3.63) is 47.0 Å². The zero-order valence-electron chi connectivity index (χ0n) is 16.8. The lowest BCUT2D eigenvalue weighted by atomic mass is 9.93. The van der Waals surface area contributed by atoms with Crippen LogP contribution in [0.3, 0.4) is 0 Å². The van der Waals surface area contributed by atoms with Gasteiger partial charge in [0.2, 0.25) is 0 Å². The van der Waals surface area contributed by atoms with Crippen LogP contribution in [-0.2, 0) is 19.6 Å². The van der Waals surface area contributed by atoms with Crippen LogP contribution in [0.25, 0.3) is 10.2 Å². The summed E-state index contributed by atoms with van der Waals surface area (Å²) in [6, 6.07) is 7.47. The first kappa shape index (κ1) is 18.3. The molecule has 3 heterocycles. The van der Waals surface area contributed by atoms with Crippen LogP contribution in [-0.4, -0.2) is 38.6 Å². The van der Waals surface area contributed by atoms with Crippen molar-refractivity contribution in [1.82, 2.24) is 24.8 Å². The van der Waals surface area contributed by atoms with Crippen molar-refractivity contribution < 1.29 is 0 Å². The molecule has 1 N–H and O–H groups in total. The molecule has 2 aromatic heterocycles. The molecule has 28 heavy (non-hydrogen) atoms. The van der Waals surface area contributed by atoms with E-state index in [-0.39, 0.29) is 0 Å². The average Bonchev–Trinajstić information content (AvgIpc) is 3.03. The quantitative estimate of drug-likeness (QED) is 0.686. The Morgan fingerprint density at radius 1 is 1.29 bits per heavy atom. The van der Waals surface area contributed by atoms with Gasteiger partial charge in [0, 0.05) is 31.5 Å². The maximum Gasteiger partial charge on any atom is 0.122 e. The molecular weight excluding hydrogens is 366 g/mol. The molecule has 5 nitrogen and oxygen atoms in total. The minimum Gasteiger partial charge on any atom is -0.334 e. The summed E-state index contributed by atoms with van der Waals surface area (Å²) in [5, 5.41) is 4.68. The second kappa shape index (κ2) is 7.25. The molecule has 6 heteroatoms. The molecule has 2 fully saturated rings. The summed E-state index contributed by atoms with van der Waals surface area (Å²) in [7, 11) is 0. The van der Waals surface area contributed by atoms with Crippen LogP contribution in [0, 0.1) is 12.3 Å². The molecule has 1 aliphatic heterocycles. The maximum atomic E-state index is 4.67. The standard InChI is InChI=1S/C22H29N5S/c1-3-26-11-10-24-21(26)15-27(20-13-22(20)6-8-23-9-7-22)14-17-4-5-18-19(12-17)28-16(2)25-18/h4-5,10-12,20,23H,3,6-9,13-15H2,1-2H3. The predicted octanol–water partition coefficient (Wildman–Crippen LogP) is 3.97. The summed E-state index contributed by atoms with van der Waals surface area (Å²) < 4.78 is 3.58. The van der Waals surface area contributed by atoms with Gasteiger partial charge < -0.3 is 9.88 Å². The van der Waals surface area contributed by atoms with Crippen LogP contribution in [0.1, 0.15) is 42.6 Å². The largest absolute Gasteiger partial charge is 0.334 e. The van der Waals surface area contributed by atoms with Crippen molar-refractivity contribution in [3.63, 3.8) is 0 Å². The third-order valence-electron chi connectivity index (χ3n) is 6.62. The molecule has 0 bridgehead atoms. The first-order valence-corrected chi connectivity index (χ1v) is 11.3. The number of imidazole rings is 1. The molecule has 1 saturated heterocycles. The second-order valence-corrected chi connectivity index (χ2v) is 9.64. The zero-order chi connectivity index (χ0) is 19.1. The van der Waals surface area contributed by atoms with E-state index < -0.39 is 0 Å². The lowest BCUT2D eigenvalue weighted by molar-refractivity contribution is 0.182. The van der Waals surface area contributed by atoms with Gasteiger partial charge in [-0.15, -0.1) is 11.3 Å². The van der Waals surface area contributed by atoms with Crippen LogP contribution >= 0.6 is 11.3 Å². The van der Waals surface area contributed by atoms with E-state index in [1.54, 1.807) is 11.3 Å². The highest BCUT2D eigenvalue weighted by molar-refractivity contribution is 7.18. The number of fused-ring (bicyclic) bond motifs is 1. The van der Waals surface area contributed by atoms with Gasteiger partial charge in [0.25, 0.3) is 0 Å². The molecule has 1 aromatic carbocycles. The Kier molecular flexibility index (Phi) is 4.73. The normalized spacial score (nSPS) is 21.0. The van der Waals surface area contributed by atoms with Crippen molar-refractivity contribution >= 4 is 21.6 Å². The molecule has 0 radical (unpaired) electrons. The molecular formula is C22H29N5S. The van der Waals surface area contributed by atoms with Gasteiger partial charge in [-0.3, -0.25) is 4.90 Å². The minimum absolute atomic E-state index is 0.528. The summed E-state index contributed by atoms with van der Waals surface area (Å²) in [5.41, 5.74) is 3.04. The molecule has 1 aliphatic carbocycles. The van der Waals surface area contributed by atoms with Gasteiger partial charge in [-0.2, -0.15) is 0 Å². The van der Waals surface area contributed by atoms with Crippen molar-refractivity contribution in [2.45, 2.75) is 58.8 Å². The Bertz CT molecular complexity index is 968. The van der Waals surface area contributed by atoms with Gasteiger partial charge in [-0.1, -0.05) is 6.07 Å². The summed E-state index contributed by atoms with van der Waals surface area (Å²) in [6.45, 7) is 9.52. The van der Waals surface area contributed by atoms with Gasteiger partial charge in [0.1, 0.15) is 5.82 Å². The van der Waals surface area contributed by atoms with Gasteiger partial charge in [-0.05, 0) is 69.3 Å².